The van der Waals surface area contributed by atoms with Crippen molar-refractivity contribution in [2.45, 2.75) is 13.8 Å². The van der Waals surface area contributed by atoms with Gasteiger partial charge in [0.1, 0.15) is 0 Å². The van der Waals surface area contributed by atoms with E-state index >= 15 is 0 Å². The van der Waals surface area contributed by atoms with E-state index in [0.717, 1.165) is 27.0 Å². The van der Waals surface area contributed by atoms with Gasteiger partial charge in [0.05, 0.1) is 5.69 Å². The lowest BCUT2D eigenvalue weighted by Gasteiger charge is -2.03. The molecule has 0 unspecified atom stereocenters. The van der Waals surface area contributed by atoms with Gasteiger partial charge in [0, 0.05) is 29.6 Å². The number of aromatic nitrogens is 1. The quantitative estimate of drug-likeness (QED) is 0.825. The molecule has 0 atom stereocenters. The molecule has 1 amide bonds. The van der Waals surface area contributed by atoms with E-state index < -0.39 is 0 Å². The molecule has 0 aliphatic heterocycles. The van der Waals surface area contributed by atoms with Crippen molar-refractivity contribution >= 4 is 28.1 Å². The molecule has 20 heavy (non-hydrogen) atoms. The van der Waals surface area contributed by atoms with Crippen LogP contribution in [0.25, 0.3) is 11.3 Å². The van der Waals surface area contributed by atoms with Crippen molar-refractivity contribution in [3.05, 3.63) is 41.8 Å². The number of thiazole rings is 1. The van der Waals surface area contributed by atoms with Gasteiger partial charge in [-0.2, -0.15) is 0 Å². The minimum absolute atomic E-state index is 0.0708. The number of carbonyl (C=O) groups is 1. The molecular formula is C15H17N3OS. The second-order valence-electron chi connectivity index (χ2n) is 4.35. The zero-order chi connectivity index (χ0) is 14.5. The van der Waals surface area contributed by atoms with Gasteiger partial charge in [-0.1, -0.05) is 18.2 Å². The SMILES string of the molecule is C=CCNc1nc(-c2ccc(NC(C)=O)cc2)c(C)s1. The van der Waals surface area contributed by atoms with Gasteiger partial charge in [-0.15, -0.1) is 17.9 Å². The third-order valence-electron chi connectivity index (χ3n) is 2.67. The van der Waals surface area contributed by atoms with Gasteiger partial charge in [0.2, 0.25) is 5.91 Å². The van der Waals surface area contributed by atoms with Crippen LogP contribution < -0.4 is 10.6 Å². The molecule has 104 valence electrons. The minimum atomic E-state index is -0.0708. The predicted molar refractivity (Wildman–Crippen MR) is 85.3 cm³/mol. The molecule has 0 fully saturated rings. The van der Waals surface area contributed by atoms with Crippen LogP contribution in [0.2, 0.25) is 0 Å². The highest BCUT2D eigenvalue weighted by molar-refractivity contribution is 7.16. The summed E-state index contributed by atoms with van der Waals surface area (Å²) in [5.41, 5.74) is 2.80. The van der Waals surface area contributed by atoms with Gasteiger partial charge in [0.15, 0.2) is 5.13 Å². The molecule has 4 nitrogen and oxygen atoms in total. The van der Waals surface area contributed by atoms with Crippen LogP contribution in [-0.2, 0) is 4.79 Å². The monoisotopic (exact) mass is 287 g/mol. The van der Waals surface area contributed by atoms with Crippen LogP contribution in [0.1, 0.15) is 11.8 Å². The Labute approximate surface area is 122 Å². The fourth-order valence-electron chi connectivity index (χ4n) is 1.81. The summed E-state index contributed by atoms with van der Waals surface area (Å²) in [7, 11) is 0. The van der Waals surface area contributed by atoms with Gasteiger partial charge in [-0.05, 0) is 19.1 Å². The fraction of sp³-hybridized carbons (Fsp3) is 0.200. The van der Waals surface area contributed by atoms with Crippen LogP contribution in [-0.4, -0.2) is 17.4 Å². The van der Waals surface area contributed by atoms with Crippen LogP contribution >= 0.6 is 11.3 Å². The average Bonchev–Trinajstić information content (AvgIpc) is 2.78. The first-order valence-electron chi connectivity index (χ1n) is 6.30. The van der Waals surface area contributed by atoms with Crippen molar-refractivity contribution in [1.82, 2.24) is 4.98 Å². The summed E-state index contributed by atoms with van der Waals surface area (Å²) in [6.07, 6.45) is 1.80. The number of nitrogens with zero attached hydrogens (tertiary/aromatic N) is 1. The molecule has 0 spiro atoms. The molecule has 0 bridgehead atoms. The first-order chi connectivity index (χ1) is 9.60. The number of anilines is 2. The van der Waals surface area contributed by atoms with Gasteiger partial charge in [0.25, 0.3) is 0 Å². The maximum atomic E-state index is 11.0. The summed E-state index contributed by atoms with van der Waals surface area (Å²) in [6.45, 7) is 7.92. The average molecular weight is 287 g/mol. The number of carbonyl (C=O) groups excluding carboxylic acids is 1. The fourth-order valence-corrected chi connectivity index (χ4v) is 2.66. The lowest BCUT2D eigenvalue weighted by Crippen LogP contribution is -2.05. The van der Waals surface area contributed by atoms with Crippen LogP contribution in [0.5, 0.6) is 0 Å². The molecule has 0 aliphatic carbocycles. The van der Waals surface area contributed by atoms with E-state index in [4.69, 9.17) is 0 Å². The summed E-state index contributed by atoms with van der Waals surface area (Å²) < 4.78 is 0. The maximum absolute atomic E-state index is 11.0. The molecule has 0 saturated heterocycles. The van der Waals surface area contributed by atoms with Crippen LogP contribution in [0, 0.1) is 6.92 Å². The number of nitrogens with one attached hydrogen (secondary N) is 2. The maximum Gasteiger partial charge on any atom is 0.221 e. The molecule has 1 aromatic carbocycles. The van der Waals surface area contributed by atoms with Gasteiger partial charge >= 0.3 is 0 Å². The van der Waals surface area contributed by atoms with Crippen molar-refractivity contribution in [2.24, 2.45) is 0 Å². The van der Waals surface area contributed by atoms with Gasteiger partial charge in [-0.3, -0.25) is 4.79 Å². The van der Waals surface area contributed by atoms with Crippen molar-refractivity contribution in [2.75, 3.05) is 17.2 Å². The standard InChI is InChI=1S/C15H17N3OS/c1-4-9-16-15-18-14(10(2)20-15)12-5-7-13(8-6-12)17-11(3)19/h4-8H,1,9H2,2-3H3,(H,16,18)(H,17,19). The van der Waals surface area contributed by atoms with E-state index in [-0.39, 0.29) is 5.91 Å². The zero-order valence-corrected chi connectivity index (χ0v) is 12.4. The molecule has 2 aromatic rings. The summed E-state index contributed by atoms with van der Waals surface area (Å²) in [6, 6.07) is 7.69. The Bertz CT molecular complexity index is 617. The number of hydrogen-bond acceptors (Lipinski definition) is 4. The summed E-state index contributed by atoms with van der Waals surface area (Å²) >= 11 is 1.62. The van der Waals surface area contributed by atoms with E-state index in [0.29, 0.717) is 6.54 Å². The molecule has 2 rings (SSSR count). The molecule has 0 aliphatic rings. The Morgan fingerprint density at radius 3 is 2.70 bits per heavy atom. The normalized spacial score (nSPS) is 10.1. The Hall–Kier alpha value is -2.14. The van der Waals surface area contributed by atoms with Gasteiger partial charge < -0.3 is 10.6 Å². The van der Waals surface area contributed by atoms with E-state index in [2.05, 4.69) is 22.2 Å². The second-order valence-corrected chi connectivity index (χ2v) is 5.56. The number of benzene rings is 1. The molecule has 1 aromatic heterocycles. The Balaban J connectivity index is 2.20. The molecule has 1 heterocycles. The third kappa shape index (κ3) is 3.45. The zero-order valence-electron chi connectivity index (χ0n) is 11.6. The Morgan fingerprint density at radius 2 is 2.10 bits per heavy atom. The minimum Gasteiger partial charge on any atom is -0.358 e. The summed E-state index contributed by atoms with van der Waals surface area (Å²) in [4.78, 5) is 16.7. The molecule has 2 N–H and O–H groups in total. The molecular weight excluding hydrogens is 270 g/mol. The van der Waals surface area contributed by atoms with Crippen molar-refractivity contribution in [3.8, 4) is 11.3 Å². The van der Waals surface area contributed by atoms with Crippen molar-refractivity contribution in [1.29, 1.82) is 0 Å². The molecule has 5 heteroatoms. The lowest BCUT2D eigenvalue weighted by atomic mass is 10.1. The van der Waals surface area contributed by atoms with E-state index in [1.807, 2.05) is 31.2 Å². The van der Waals surface area contributed by atoms with Gasteiger partial charge in [-0.25, -0.2) is 4.98 Å². The summed E-state index contributed by atoms with van der Waals surface area (Å²) in [5, 5.41) is 6.84. The predicted octanol–water partition coefficient (Wildman–Crippen LogP) is 3.67. The highest BCUT2D eigenvalue weighted by Gasteiger charge is 2.09. The largest absolute Gasteiger partial charge is 0.358 e. The third-order valence-corrected chi connectivity index (χ3v) is 3.60. The lowest BCUT2D eigenvalue weighted by molar-refractivity contribution is -0.114. The van der Waals surface area contributed by atoms with E-state index in [1.165, 1.54) is 6.92 Å². The highest BCUT2D eigenvalue weighted by atomic mass is 32.1. The number of hydrogen-bond donors (Lipinski definition) is 2. The second kappa shape index (κ2) is 6.34. The molecule has 0 saturated carbocycles. The van der Waals surface area contributed by atoms with Crippen LogP contribution in [0.3, 0.4) is 0 Å². The van der Waals surface area contributed by atoms with Crippen LogP contribution in [0.15, 0.2) is 36.9 Å². The number of rotatable bonds is 5. The smallest absolute Gasteiger partial charge is 0.221 e. The Kier molecular flexibility index (Phi) is 4.53. The first kappa shape index (κ1) is 14.3. The van der Waals surface area contributed by atoms with E-state index in [9.17, 15) is 4.79 Å². The van der Waals surface area contributed by atoms with E-state index in [1.54, 1.807) is 17.4 Å². The number of amides is 1. The number of aryl methyl sites for hydroxylation is 1. The summed E-state index contributed by atoms with van der Waals surface area (Å²) in [5.74, 6) is -0.0708. The molecule has 0 radical (unpaired) electrons. The van der Waals surface area contributed by atoms with Crippen molar-refractivity contribution in [3.63, 3.8) is 0 Å². The van der Waals surface area contributed by atoms with Crippen molar-refractivity contribution < 1.29 is 4.79 Å². The highest BCUT2D eigenvalue weighted by Crippen LogP contribution is 2.30. The van der Waals surface area contributed by atoms with Crippen LogP contribution in [0.4, 0.5) is 10.8 Å². The first-order valence-corrected chi connectivity index (χ1v) is 7.12. The Morgan fingerprint density at radius 1 is 1.40 bits per heavy atom. The topological polar surface area (TPSA) is 54.0 Å².